The highest BCUT2D eigenvalue weighted by Gasteiger charge is 2.19. The van der Waals surface area contributed by atoms with Crippen LogP contribution in [-0.2, 0) is 17.9 Å². The minimum Gasteiger partial charge on any atom is -0.453 e. The monoisotopic (exact) mass is 382 g/mol. The summed E-state index contributed by atoms with van der Waals surface area (Å²) in [5.74, 6) is -0.0325. The molecule has 3 aromatic heterocycles. The van der Waals surface area contributed by atoms with E-state index >= 15 is 0 Å². The molecule has 0 saturated carbocycles. The van der Waals surface area contributed by atoms with Crippen LogP contribution in [0.5, 0.6) is 0 Å². The van der Waals surface area contributed by atoms with Crippen LogP contribution < -0.4 is 5.56 Å². The molecule has 1 aromatic carbocycles. The molecule has 8 nitrogen and oxygen atoms in total. The predicted molar refractivity (Wildman–Crippen MR) is 98.4 cm³/mol. The van der Waals surface area contributed by atoms with Gasteiger partial charge in [-0.05, 0) is 24.4 Å². The first-order valence-electron chi connectivity index (χ1n) is 8.21. The Hall–Kier alpha value is -3.33. The predicted octanol–water partition coefficient (Wildman–Crippen LogP) is 2.88. The van der Waals surface area contributed by atoms with Crippen LogP contribution in [0, 0.1) is 0 Å². The molecule has 3 heterocycles. The van der Waals surface area contributed by atoms with Crippen molar-refractivity contribution in [2.45, 2.75) is 20.1 Å². The quantitative estimate of drug-likeness (QED) is 0.489. The summed E-state index contributed by atoms with van der Waals surface area (Å²) in [5.41, 5.74) is -0.169. The molecular formula is C18H14N4O4S. The fourth-order valence-corrected chi connectivity index (χ4v) is 3.26. The zero-order chi connectivity index (χ0) is 18.8. The van der Waals surface area contributed by atoms with Gasteiger partial charge in [-0.25, -0.2) is 9.48 Å². The maximum Gasteiger partial charge on any atom is 0.359 e. The molecule has 0 aliphatic rings. The maximum atomic E-state index is 12.6. The third kappa shape index (κ3) is 3.24. The number of carbonyl (C=O) groups is 1. The average molecular weight is 382 g/mol. The second-order valence-corrected chi connectivity index (χ2v) is 6.53. The van der Waals surface area contributed by atoms with Crippen LogP contribution in [0.4, 0.5) is 0 Å². The highest BCUT2D eigenvalue weighted by atomic mass is 32.1. The van der Waals surface area contributed by atoms with Gasteiger partial charge in [-0.2, -0.15) is 10.1 Å². The van der Waals surface area contributed by atoms with Gasteiger partial charge >= 0.3 is 5.97 Å². The van der Waals surface area contributed by atoms with E-state index in [-0.39, 0.29) is 23.7 Å². The third-order valence-corrected chi connectivity index (χ3v) is 4.75. The first-order valence-corrected chi connectivity index (χ1v) is 9.08. The molecule has 4 aromatic rings. The topological polar surface area (TPSA) is 100 Å². The fourth-order valence-electron chi connectivity index (χ4n) is 2.61. The first-order chi connectivity index (χ1) is 13.2. The lowest BCUT2D eigenvalue weighted by Crippen LogP contribution is -2.25. The summed E-state index contributed by atoms with van der Waals surface area (Å²) >= 11 is 1.47. The Morgan fingerprint density at radius 2 is 2.04 bits per heavy atom. The Morgan fingerprint density at radius 1 is 1.22 bits per heavy atom. The standard InChI is InChI=1S/C18H14N4O4S/c1-2-22-17(23)12-7-4-3-6-11(12)15(20-22)18(24)25-10-14-19-16(26-21-14)13-8-5-9-27-13/h3-9H,2,10H2,1H3. The van der Waals surface area contributed by atoms with Gasteiger partial charge in [0.05, 0.1) is 10.3 Å². The highest BCUT2D eigenvalue weighted by Crippen LogP contribution is 2.22. The van der Waals surface area contributed by atoms with Crippen molar-refractivity contribution in [3.8, 4) is 10.8 Å². The second kappa shape index (κ2) is 7.12. The normalized spacial score (nSPS) is 11.0. The second-order valence-electron chi connectivity index (χ2n) is 5.58. The number of fused-ring (bicyclic) bond motifs is 1. The molecule has 4 rings (SSSR count). The van der Waals surface area contributed by atoms with E-state index in [4.69, 9.17) is 9.26 Å². The summed E-state index contributed by atoms with van der Waals surface area (Å²) in [6, 6.07) is 10.5. The van der Waals surface area contributed by atoms with Gasteiger partial charge in [-0.15, -0.1) is 11.3 Å². The van der Waals surface area contributed by atoms with Crippen molar-refractivity contribution in [2.24, 2.45) is 0 Å². The molecule has 0 fully saturated rings. The minimum atomic E-state index is -0.657. The molecule has 136 valence electrons. The number of rotatable bonds is 5. The number of nitrogens with zero attached hydrogens (tertiary/aromatic N) is 4. The summed E-state index contributed by atoms with van der Waals surface area (Å²) in [7, 11) is 0. The fraction of sp³-hybridized carbons (Fsp3) is 0.167. The molecule has 0 saturated heterocycles. The van der Waals surface area contributed by atoms with Gasteiger partial charge in [0.2, 0.25) is 5.82 Å². The van der Waals surface area contributed by atoms with Crippen LogP contribution in [0.25, 0.3) is 21.5 Å². The van der Waals surface area contributed by atoms with E-state index in [1.165, 1.54) is 16.0 Å². The molecule has 27 heavy (non-hydrogen) atoms. The van der Waals surface area contributed by atoms with Gasteiger partial charge in [-0.3, -0.25) is 4.79 Å². The Morgan fingerprint density at radius 3 is 2.78 bits per heavy atom. The molecule has 0 spiro atoms. The van der Waals surface area contributed by atoms with Crippen LogP contribution in [0.15, 0.2) is 51.1 Å². The highest BCUT2D eigenvalue weighted by molar-refractivity contribution is 7.13. The molecule has 0 amide bonds. The van der Waals surface area contributed by atoms with Crippen LogP contribution in [-0.4, -0.2) is 25.9 Å². The molecule has 0 atom stereocenters. The van der Waals surface area contributed by atoms with Crippen molar-refractivity contribution >= 4 is 28.1 Å². The number of aryl methyl sites for hydroxylation is 1. The summed E-state index contributed by atoms with van der Waals surface area (Å²) in [5, 5.41) is 10.7. The van der Waals surface area contributed by atoms with E-state index in [0.717, 1.165) is 4.88 Å². The molecular weight excluding hydrogens is 368 g/mol. The van der Waals surface area contributed by atoms with Crippen molar-refractivity contribution < 1.29 is 14.1 Å². The first kappa shape index (κ1) is 17.1. The van der Waals surface area contributed by atoms with Crippen molar-refractivity contribution in [1.29, 1.82) is 0 Å². The summed E-state index contributed by atoms with van der Waals surface area (Å²) < 4.78 is 11.7. The van der Waals surface area contributed by atoms with Crippen molar-refractivity contribution in [3.63, 3.8) is 0 Å². The molecule has 0 N–H and O–H groups in total. The van der Waals surface area contributed by atoms with Gasteiger partial charge in [0.25, 0.3) is 11.4 Å². The number of ether oxygens (including phenoxy) is 1. The number of esters is 1. The number of carbonyl (C=O) groups excluding carboxylic acids is 1. The number of hydrogen-bond donors (Lipinski definition) is 0. The van der Waals surface area contributed by atoms with Gasteiger partial charge < -0.3 is 9.26 Å². The zero-order valence-corrected chi connectivity index (χ0v) is 15.1. The van der Waals surface area contributed by atoms with Crippen molar-refractivity contribution in [3.05, 3.63) is 63.7 Å². The molecule has 0 unspecified atom stereocenters. The van der Waals surface area contributed by atoms with Crippen LogP contribution >= 0.6 is 11.3 Å². The Bertz CT molecular complexity index is 1160. The van der Waals surface area contributed by atoms with E-state index in [2.05, 4.69) is 15.2 Å². The zero-order valence-electron chi connectivity index (χ0n) is 14.3. The minimum absolute atomic E-state index is 0.0778. The van der Waals surface area contributed by atoms with Gasteiger partial charge in [0, 0.05) is 11.9 Å². The Kier molecular flexibility index (Phi) is 4.51. The van der Waals surface area contributed by atoms with Crippen LogP contribution in [0.2, 0.25) is 0 Å². The smallest absolute Gasteiger partial charge is 0.359 e. The average Bonchev–Trinajstić information content (AvgIpc) is 3.38. The molecule has 0 bridgehead atoms. The maximum absolute atomic E-state index is 12.6. The lowest BCUT2D eigenvalue weighted by atomic mass is 10.1. The van der Waals surface area contributed by atoms with Crippen LogP contribution in [0.1, 0.15) is 23.2 Å². The molecule has 9 heteroatoms. The van der Waals surface area contributed by atoms with E-state index in [9.17, 15) is 9.59 Å². The molecule has 0 aliphatic carbocycles. The SMILES string of the molecule is CCn1nc(C(=O)OCc2noc(-c3cccs3)n2)c2ccccc2c1=O. The lowest BCUT2D eigenvalue weighted by Gasteiger charge is -2.08. The van der Waals surface area contributed by atoms with Crippen LogP contribution in [0.3, 0.4) is 0 Å². The Balaban J connectivity index is 1.59. The van der Waals surface area contributed by atoms with Gasteiger partial charge in [0.1, 0.15) is 0 Å². The summed E-state index contributed by atoms with van der Waals surface area (Å²) in [4.78, 5) is 30.0. The Labute approximate surface area is 157 Å². The van der Waals surface area contributed by atoms with E-state index in [1.807, 2.05) is 17.5 Å². The van der Waals surface area contributed by atoms with Crippen molar-refractivity contribution in [1.82, 2.24) is 19.9 Å². The number of thiophene rings is 1. The molecule has 0 aliphatic heterocycles. The van der Waals surface area contributed by atoms with Gasteiger partial charge in [-0.1, -0.05) is 29.4 Å². The van der Waals surface area contributed by atoms with E-state index in [0.29, 0.717) is 23.2 Å². The summed E-state index contributed by atoms with van der Waals surface area (Å²) in [6.45, 7) is 1.97. The van der Waals surface area contributed by atoms with E-state index in [1.54, 1.807) is 31.2 Å². The lowest BCUT2D eigenvalue weighted by molar-refractivity contribution is 0.0452. The molecule has 0 radical (unpaired) electrons. The summed E-state index contributed by atoms with van der Waals surface area (Å²) in [6.07, 6.45) is 0. The number of aromatic nitrogens is 4. The van der Waals surface area contributed by atoms with E-state index < -0.39 is 5.97 Å². The number of benzene rings is 1. The number of hydrogen-bond acceptors (Lipinski definition) is 8. The van der Waals surface area contributed by atoms with Crippen molar-refractivity contribution in [2.75, 3.05) is 0 Å². The third-order valence-electron chi connectivity index (χ3n) is 3.89. The van der Waals surface area contributed by atoms with Gasteiger partial charge in [0.15, 0.2) is 12.3 Å². The largest absolute Gasteiger partial charge is 0.453 e.